The van der Waals surface area contributed by atoms with Crippen LogP contribution in [0.1, 0.15) is 51.9 Å². The number of hydrogen-bond donors (Lipinski definition) is 1. The summed E-state index contributed by atoms with van der Waals surface area (Å²) < 4.78 is 18.5. The standard InChI is InChI=1S/C17H16FNO4/c1-9-5-11-6-13(18)3-4-14(11)10(2)19(9)16(20)15-7-12(8-23-15)17(21)22/h3-4,6-10H,5H2,1-2H3,(H,21,22). The van der Waals surface area contributed by atoms with E-state index in [-0.39, 0.29) is 35.1 Å². The van der Waals surface area contributed by atoms with Crippen molar-refractivity contribution in [1.29, 1.82) is 0 Å². The molecule has 0 radical (unpaired) electrons. The van der Waals surface area contributed by atoms with Crippen molar-refractivity contribution < 1.29 is 23.5 Å². The van der Waals surface area contributed by atoms with Crippen LogP contribution in [-0.2, 0) is 6.42 Å². The zero-order chi connectivity index (χ0) is 16.7. The second-order valence-corrected chi connectivity index (χ2v) is 5.79. The molecule has 0 spiro atoms. The normalized spacial score (nSPS) is 20.2. The Morgan fingerprint density at radius 2 is 2.04 bits per heavy atom. The molecule has 0 bridgehead atoms. The topological polar surface area (TPSA) is 70.8 Å². The second kappa shape index (κ2) is 5.53. The molecule has 1 amide bonds. The summed E-state index contributed by atoms with van der Waals surface area (Å²) in [6, 6.07) is 5.39. The number of benzene rings is 1. The summed E-state index contributed by atoms with van der Waals surface area (Å²) >= 11 is 0. The van der Waals surface area contributed by atoms with Crippen molar-refractivity contribution in [2.45, 2.75) is 32.4 Å². The van der Waals surface area contributed by atoms with Gasteiger partial charge in [0.15, 0.2) is 5.76 Å². The van der Waals surface area contributed by atoms with Crippen LogP contribution in [0.25, 0.3) is 0 Å². The van der Waals surface area contributed by atoms with Gasteiger partial charge in [0.1, 0.15) is 12.1 Å². The lowest BCUT2D eigenvalue weighted by Crippen LogP contribution is -2.44. The molecule has 2 aromatic rings. The van der Waals surface area contributed by atoms with Crippen LogP contribution in [0.2, 0.25) is 0 Å². The van der Waals surface area contributed by atoms with E-state index < -0.39 is 5.97 Å². The molecule has 1 aromatic heterocycles. The fourth-order valence-corrected chi connectivity index (χ4v) is 3.17. The maximum atomic E-state index is 13.4. The molecule has 5 nitrogen and oxygen atoms in total. The number of carboxylic acid groups (broad SMARTS) is 1. The Morgan fingerprint density at radius 1 is 1.30 bits per heavy atom. The molecular weight excluding hydrogens is 301 g/mol. The highest BCUT2D eigenvalue weighted by molar-refractivity contribution is 5.96. The van der Waals surface area contributed by atoms with E-state index in [2.05, 4.69) is 0 Å². The predicted octanol–water partition coefficient (Wildman–Crippen LogP) is 3.26. The van der Waals surface area contributed by atoms with Crippen molar-refractivity contribution in [2.75, 3.05) is 0 Å². The van der Waals surface area contributed by atoms with Gasteiger partial charge in [-0.25, -0.2) is 9.18 Å². The first kappa shape index (κ1) is 15.3. The third-order valence-electron chi connectivity index (χ3n) is 4.25. The van der Waals surface area contributed by atoms with Gasteiger partial charge in [-0.15, -0.1) is 0 Å². The van der Waals surface area contributed by atoms with Crippen LogP contribution >= 0.6 is 0 Å². The Hall–Kier alpha value is -2.63. The monoisotopic (exact) mass is 317 g/mol. The van der Waals surface area contributed by atoms with E-state index in [1.807, 2.05) is 13.8 Å². The quantitative estimate of drug-likeness (QED) is 0.923. The number of rotatable bonds is 2. The zero-order valence-electron chi connectivity index (χ0n) is 12.7. The lowest BCUT2D eigenvalue weighted by atomic mass is 9.89. The van der Waals surface area contributed by atoms with Crippen LogP contribution < -0.4 is 0 Å². The molecule has 1 N–H and O–H groups in total. The van der Waals surface area contributed by atoms with E-state index in [0.717, 1.165) is 17.4 Å². The molecule has 2 atom stereocenters. The van der Waals surface area contributed by atoms with Gasteiger partial charge in [-0.2, -0.15) is 0 Å². The summed E-state index contributed by atoms with van der Waals surface area (Å²) in [5.41, 5.74) is 1.72. The molecule has 1 aliphatic heterocycles. The number of carbonyl (C=O) groups is 2. The maximum absolute atomic E-state index is 13.4. The molecule has 2 unspecified atom stereocenters. The first-order valence-electron chi connectivity index (χ1n) is 7.31. The van der Waals surface area contributed by atoms with E-state index in [1.54, 1.807) is 11.0 Å². The Bertz CT molecular complexity index is 783. The zero-order valence-corrected chi connectivity index (χ0v) is 12.7. The van der Waals surface area contributed by atoms with Gasteiger partial charge in [-0.3, -0.25) is 4.79 Å². The minimum absolute atomic E-state index is 0.00772. The van der Waals surface area contributed by atoms with Crippen LogP contribution in [0.15, 0.2) is 34.9 Å². The molecule has 6 heteroatoms. The molecule has 2 heterocycles. The number of halogens is 1. The largest absolute Gasteiger partial charge is 0.478 e. The summed E-state index contributed by atoms with van der Waals surface area (Å²) in [5, 5.41) is 8.93. The molecule has 0 fully saturated rings. The summed E-state index contributed by atoms with van der Waals surface area (Å²) in [5.74, 6) is -1.81. The first-order chi connectivity index (χ1) is 10.9. The minimum atomic E-state index is -1.15. The maximum Gasteiger partial charge on any atom is 0.338 e. The molecule has 1 aliphatic rings. The highest BCUT2D eigenvalue weighted by Crippen LogP contribution is 2.34. The molecule has 0 saturated heterocycles. The smallest absolute Gasteiger partial charge is 0.338 e. The van der Waals surface area contributed by atoms with Gasteiger partial charge >= 0.3 is 5.97 Å². The number of hydrogen-bond acceptors (Lipinski definition) is 3. The van der Waals surface area contributed by atoms with Crippen LogP contribution in [0.3, 0.4) is 0 Å². The minimum Gasteiger partial charge on any atom is -0.478 e. The van der Waals surface area contributed by atoms with Crippen LogP contribution in [0.5, 0.6) is 0 Å². The molecular formula is C17H16FNO4. The van der Waals surface area contributed by atoms with Gasteiger partial charge < -0.3 is 14.4 Å². The summed E-state index contributed by atoms with van der Waals surface area (Å²) in [4.78, 5) is 25.3. The number of furan rings is 1. The number of aromatic carboxylic acids is 1. The van der Waals surface area contributed by atoms with Crippen molar-refractivity contribution in [2.24, 2.45) is 0 Å². The average Bonchev–Trinajstić information content (AvgIpc) is 2.96. The Balaban J connectivity index is 1.94. The molecule has 1 aromatic carbocycles. The Morgan fingerprint density at radius 3 is 2.70 bits per heavy atom. The van der Waals surface area contributed by atoms with Crippen molar-refractivity contribution >= 4 is 11.9 Å². The van der Waals surface area contributed by atoms with E-state index in [4.69, 9.17) is 9.52 Å². The Labute approximate surface area is 132 Å². The number of carbonyl (C=O) groups excluding carboxylic acids is 1. The number of carboxylic acids is 1. The highest BCUT2D eigenvalue weighted by atomic mass is 19.1. The van der Waals surface area contributed by atoms with Gasteiger partial charge in [0.25, 0.3) is 5.91 Å². The molecule has 120 valence electrons. The third-order valence-corrected chi connectivity index (χ3v) is 4.25. The van der Waals surface area contributed by atoms with Crippen molar-refractivity contribution in [3.05, 3.63) is 58.8 Å². The fourth-order valence-electron chi connectivity index (χ4n) is 3.17. The third kappa shape index (κ3) is 2.60. The van der Waals surface area contributed by atoms with Gasteiger partial charge in [0.05, 0.1) is 11.6 Å². The number of nitrogens with zero attached hydrogens (tertiary/aromatic N) is 1. The SMILES string of the molecule is CC1Cc2cc(F)ccc2C(C)N1C(=O)c1cc(C(=O)O)co1. The number of amides is 1. The first-order valence-corrected chi connectivity index (χ1v) is 7.31. The second-order valence-electron chi connectivity index (χ2n) is 5.79. The fraction of sp³-hybridized carbons (Fsp3) is 0.294. The summed E-state index contributed by atoms with van der Waals surface area (Å²) in [6.45, 7) is 3.74. The van der Waals surface area contributed by atoms with E-state index in [1.165, 1.54) is 18.2 Å². The van der Waals surface area contributed by atoms with Crippen molar-refractivity contribution in [3.8, 4) is 0 Å². The predicted molar refractivity (Wildman–Crippen MR) is 79.8 cm³/mol. The van der Waals surface area contributed by atoms with Gasteiger partial charge in [0.2, 0.25) is 0 Å². The summed E-state index contributed by atoms with van der Waals surface area (Å²) in [7, 11) is 0. The van der Waals surface area contributed by atoms with Gasteiger partial charge in [0, 0.05) is 12.1 Å². The van der Waals surface area contributed by atoms with E-state index in [0.29, 0.717) is 6.42 Å². The average molecular weight is 317 g/mol. The van der Waals surface area contributed by atoms with Gasteiger partial charge in [-0.05, 0) is 43.5 Å². The lowest BCUT2D eigenvalue weighted by Gasteiger charge is -2.40. The highest BCUT2D eigenvalue weighted by Gasteiger charge is 2.34. The molecule has 0 aliphatic carbocycles. The molecule has 0 saturated carbocycles. The van der Waals surface area contributed by atoms with E-state index >= 15 is 0 Å². The number of fused-ring (bicyclic) bond motifs is 1. The van der Waals surface area contributed by atoms with Crippen molar-refractivity contribution in [1.82, 2.24) is 4.90 Å². The Kier molecular flexibility index (Phi) is 3.67. The van der Waals surface area contributed by atoms with E-state index in [9.17, 15) is 14.0 Å². The molecule has 3 rings (SSSR count). The van der Waals surface area contributed by atoms with Crippen LogP contribution in [0, 0.1) is 5.82 Å². The van der Waals surface area contributed by atoms with Crippen molar-refractivity contribution in [3.63, 3.8) is 0 Å². The summed E-state index contributed by atoms with van der Waals surface area (Å²) in [6.07, 6.45) is 1.59. The van der Waals surface area contributed by atoms with Crippen LogP contribution in [-0.4, -0.2) is 27.9 Å². The lowest BCUT2D eigenvalue weighted by molar-refractivity contribution is 0.0547. The van der Waals surface area contributed by atoms with Gasteiger partial charge in [-0.1, -0.05) is 6.07 Å². The van der Waals surface area contributed by atoms with Crippen LogP contribution in [0.4, 0.5) is 4.39 Å². The molecule has 23 heavy (non-hydrogen) atoms.